The SMILES string of the molecule is CO[C@]12NC(=O)N(C)[C@@]1(OC)C(=O)N(C)C(=O)N2C. The summed E-state index contributed by atoms with van der Waals surface area (Å²) in [6.45, 7) is 0. The van der Waals surface area contributed by atoms with Gasteiger partial charge in [-0.2, -0.15) is 0 Å². The Balaban J connectivity index is 2.72. The van der Waals surface area contributed by atoms with Gasteiger partial charge in [-0.05, 0) is 0 Å². The van der Waals surface area contributed by atoms with Gasteiger partial charge in [-0.3, -0.25) is 24.8 Å². The first kappa shape index (κ1) is 13.6. The van der Waals surface area contributed by atoms with Gasteiger partial charge in [-0.15, -0.1) is 0 Å². The molecular weight excluding hydrogens is 256 g/mol. The van der Waals surface area contributed by atoms with Gasteiger partial charge in [0.25, 0.3) is 17.5 Å². The minimum atomic E-state index is -1.77. The fraction of sp³-hybridized carbons (Fsp3) is 0.700. The van der Waals surface area contributed by atoms with E-state index < -0.39 is 29.5 Å². The molecule has 0 aromatic rings. The molecule has 0 aliphatic carbocycles. The van der Waals surface area contributed by atoms with Gasteiger partial charge in [0.1, 0.15) is 0 Å². The number of amides is 5. The lowest BCUT2D eigenvalue weighted by molar-refractivity contribution is -0.272. The molecule has 19 heavy (non-hydrogen) atoms. The molecule has 2 heterocycles. The van der Waals surface area contributed by atoms with Crippen molar-refractivity contribution < 1.29 is 23.9 Å². The Morgan fingerprint density at radius 2 is 1.58 bits per heavy atom. The third-order valence-electron chi connectivity index (χ3n) is 3.74. The molecule has 0 spiro atoms. The minimum absolute atomic E-state index is 0.577. The number of urea groups is 2. The molecule has 0 bridgehead atoms. The van der Waals surface area contributed by atoms with Gasteiger partial charge in [0.05, 0.1) is 0 Å². The molecule has 9 nitrogen and oxygen atoms in total. The molecule has 2 aliphatic heterocycles. The molecule has 2 rings (SSSR count). The molecule has 0 aromatic carbocycles. The third kappa shape index (κ3) is 1.19. The molecule has 0 unspecified atom stereocenters. The van der Waals surface area contributed by atoms with Crippen LogP contribution in [0, 0.1) is 0 Å². The van der Waals surface area contributed by atoms with Crippen molar-refractivity contribution in [2.75, 3.05) is 35.4 Å². The number of fused-ring (bicyclic) bond motifs is 1. The highest BCUT2D eigenvalue weighted by atomic mass is 16.6. The zero-order chi connectivity index (χ0) is 14.6. The Morgan fingerprint density at radius 3 is 2.05 bits per heavy atom. The van der Waals surface area contributed by atoms with Crippen molar-refractivity contribution in [2.45, 2.75) is 11.6 Å². The van der Waals surface area contributed by atoms with Gasteiger partial charge in [-0.25, -0.2) is 9.59 Å². The molecule has 0 aromatic heterocycles. The topological polar surface area (TPSA) is 91.4 Å². The number of likely N-dealkylation sites (N-methyl/N-ethyl adjacent to an activating group) is 3. The molecule has 9 heteroatoms. The third-order valence-corrected chi connectivity index (χ3v) is 3.74. The van der Waals surface area contributed by atoms with E-state index in [0.717, 1.165) is 14.7 Å². The van der Waals surface area contributed by atoms with E-state index in [1.807, 2.05) is 0 Å². The first-order chi connectivity index (χ1) is 8.80. The number of nitrogens with one attached hydrogen (secondary N) is 1. The standard InChI is InChI=1S/C10H16N4O5/c1-12-6(15)9(18-4)10(19-5,14(3)8(12)17)11-7(16)13(9)2/h1-5H3,(H,11,16)/t9-,10+/m1/s1. The zero-order valence-corrected chi connectivity index (χ0v) is 11.4. The van der Waals surface area contributed by atoms with E-state index in [-0.39, 0.29) is 0 Å². The van der Waals surface area contributed by atoms with E-state index in [9.17, 15) is 14.4 Å². The molecule has 106 valence electrons. The van der Waals surface area contributed by atoms with Gasteiger partial charge in [-0.1, -0.05) is 0 Å². The summed E-state index contributed by atoms with van der Waals surface area (Å²) in [4.78, 5) is 39.5. The Labute approximate surface area is 110 Å². The Hall–Kier alpha value is -1.87. The number of imide groups is 1. The summed E-state index contributed by atoms with van der Waals surface area (Å²) in [7, 11) is 6.70. The van der Waals surface area contributed by atoms with Crippen LogP contribution in [-0.2, 0) is 14.3 Å². The molecule has 0 saturated carbocycles. The average molecular weight is 272 g/mol. The monoisotopic (exact) mass is 272 g/mol. The lowest BCUT2D eigenvalue weighted by atomic mass is 10.0. The van der Waals surface area contributed by atoms with Gasteiger partial charge in [0, 0.05) is 35.4 Å². The summed E-state index contributed by atoms with van der Waals surface area (Å²) in [5, 5.41) is 2.49. The maximum absolute atomic E-state index is 12.5. The summed E-state index contributed by atoms with van der Waals surface area (Å²) in [5.41, 5.74) is -1.77. The molecule has 2 aliphatic rings. The summed E-state index contributed by atoms with van der Waals surface area (Å²) < 4.78 is 10.6. The van der Waals surface area contributed by atoms with Crippen LogP contribution in [0.25, 0.3) is 0 Å². The summed E-state index contributed by atoms with van der Waals surface area (Å²) in [6.07, 6.45) is 0. The molecule has 2 atom stereocenters. The van der Waals surface area contributed by atoms with E-state index in [4.69, 9.17) is 9.47 Å². The van der Waals surface area contributed by atoms with Crippen molar-refractivity contribution in [3.63, 3.8) is 0 Å². The first-order valence-corrected chi connectivity index (χ1v) is 5.52. The van der Waals surface area contributed by atoms with Crippen LogP contribution in [-0.4, -0.2) is 79.6 Å². The number of carbonyl (C=O) groups is 3. The van der Waals surface area contributed by atoms with Crippen molar-refractivity contribution in [1.29, 1.82) is 0 Å². The predicted molar refractivity (Wildman–Crippen MR) is 61.7 cm³/mol. The van der Waals surface area contributed by atoms with Crippen molar-refractivity contribution in [2.24, 2.45) is 0 Å². The number of rotatable bonds is 2. The van der Waals surface area contributed by atoms with Crippen LogP contribution >= 0.6 is 0 Å². The number of hydrogen-bond acceptors (Lipinski definition) is 5. The molecule has 2 fully saturated rings. The van der Waals surface area contributed by atoms with Crippen LogP contribution in [0.1, 0.15) is 0 Å². The largest absolute Gasteiger partial charge is 0.345 e. The molecule has 0 radical (unpaired) electrons. The highest BCUT2D eigenvalue weighted by molar-refractivity contribution is 6.06. The Morgan fingerprint density at radius 1 is 1.00 bits per heavy atom. The van der Waals surface area contributed by atoms with Gasteiger partial charge < -0.3 is 9.47 Å². The van der Waals surface area contributed by atoms with E-state index >= 15 is 0 Å². The maximum Gasteiger partial charge on any atom is 0.330 e. The molecule has 1 N–H and O–H groups in total. The van der Waals surface area contributed by atoms with Crippen LogP contribution in [0.3, 0.4) is 0 Å². The lowest BCUT2D eigenvalue weighted by Gasteiger charge is -2.51. The molecule has 2 saturated heterocycles. The van der Waals surface area contributed by atoms with E-state index in [1.165, 1.54) is 35.4 Å². The number of methoxy groups -OCH3 is 2. The van der Waals surface area contributed by atoms with Gasteiger partial charge >= 0.3 is 12.1 Å². The summed E-state index contributed by atoms with van der Waals surface area (Å²) >= 11 is 0. The van der Waals surface area contributed by atoms with Crippen molar-refractivity contribution in [3.8, 4) is 0 Å². The number of hydrogen-bond donors (Lipinski definition) is 1. The van der Waals surface area contributed by atoms with Gasteiger partial charge in [0.2, 0.25) is 0 Å². The van der Waals surface area contributed by atoms with Crippen molar-refractivity contribution in [1.82, 2.24) is 20.0 Å². The average Bonchev–Trinajstić information content (AvgIpc) is 2.64. The second kappa shape index (κ2) is 3.81. The quantitative estimate of drug-likeness (QED) is 0.682. The van der Waals surface area contributed by atoms with E-state index in [1.54, 1.807) is 0 Å². The second-order valence-corrected chi connectivity index (χ2v) is 4.39. The van der Waals surface area contributed by atoms with E-state index in [2.05, 4.69) is 5.32 Å². The highest BCUT2D eigenvalue weighted by Crippen LogP contribution is 2.42. The summed E-state index contributed by atoms with van der Waals surface area (Å²) in [5.74, 6) is -2.38. The fourth-order valence-electron chi connectivity index (χ4n) is 2.65. The minimum Gasteiger partial charge on any atom is -0.345 e. The smallest absolute Gasteiger partial charge is 0.330 e. The molecular formula is C10H16N4O5. The van der Waals surface area contributed by atoms with Crippen LogP contribution in [0.15, 0.2) is 0 Å². The van der Waals surface area contributed by atoms with Crippen molar-refractivity contribution >= 4 is 18.0 Å². The summed E-state index contributed by atoms with van der Waals surface area (Å²) in [6, 6.07) is -1.18. The Kier molecular flexibility index (Phi) is 2.72. The number of carbonyl (C=O) groups excluding carboxylic acids is 3. The Bertz CT molecular complexity index is 469. The van der Waals surface area contributed by atoms with Crippen LogP contribution in [0.2, 0.25) is 0 Å². The molecule has 5 amide bonds. The number of ether oxygens (including phenoxy) is 2. The van der Waals surface area contributed by atoms with Crippen LogP contribution in [0.4, 0.5) is 9.59 Å². The predicted octanol–water partition coefficient (Wildman–Crippen LogP) is -1.19. The van der Waals surface area contributed by atoms with E-state index in [0.29, 0.717) is 0 Å². The first-order valence-electron chi connectivity index (χ1n) is 5.52. The lowest BCUT2D eigenvalue weighted by Crippen LogP contribution is -2.81. The maximum atomic E-state index is 12.5. The van der Waals surface area contributed by atoms with Crippen LogP contribution < -0.4 is 5.32 Å². The number of nitrogens with zero attached hydrogens (tertiary/aromatic N) is 3. The normalized spacial score (nSPS) is 34.8. The fourth-order valence-corrected chi connectivity index (χ4v) is 2.65. The van der Waals surface area contributed by atoms with Crippen LogP contribution in [0.5, 0.6) is 0 Å². The zero-order valence-electron chi connectivity index (χ0n) is 11.4. The second-order valence-electron chi connectivity index (χ2n) is 4.39. The highest BCUT2D eigenvalue weighted by Gasteiger charge is 2.75. The van der Waals surface area contributed by atoms with Gasteiger partial charge in [0.15, 0.2) is 0 Å². The van der Waals surface area contributed by atoms with Crippen molar-refractivity contribution in [3.05, 3.63) is 0 Å².